The predicted octanol–water partition coefficient (Wildman–Crippen LogP) is 4.25. The number of aromatic nitrogens is 6. The second-order valence-electron chi connectivity index (χ2n) is 9.84. The van der Waals surface area contributed by atoms with Crippen LogP contribution in [0.15, 0.2) is 53.8 Å². The molecule has 5 aromatic rings. The first-order valence-electron chi connectivity index (χ1n) is 12.4. The van der Waals surface area contributed by atoms with Gasteiger partial charge in [-0.1, -0.05) is 23.4 Å². The third-order valence-electron chi connectivity index (χ3n) is 7.36. The van der Waals surface area contributed by atoms with Gasteiger partial charge < -0.3 is 9.30 Å². The first kappa shape index (κ1) is 24.6. The second-order valence-corrected chi connectivity index (χ2v) is 11.8. The Kier molecular flexibility index (Phi) is 5.99. The summed E-state index contributed by atoms with van der Waals surface area (Å²) >= 11 is 0. The van der Waals surface area contributed by atoms with Crippen molar-refractivity contribution >= 4 is 31.8 Å². The summed E-state index contributed by atoms with van der Waals surface area (Å²) in [7, 11) is -1.73. The number of benzene rings is 1. The summed E-state index contributed by atoms with van der Waals surface area (Å²) in [6, 6.07) is 10.0. The van der Waals surface area contributed by atoms with Crippen LogP contribution >= 0.6 is 0 Å². The molecule has 0 amide bonds. The number of ether oxygens (including phenoxy) is 1. The average Bonchev–Trinajstić information content (AvgIpc) is 3.41. The fourth-order valence-electron chi connectivity index (χ4n) is 5.62. The summed E-state index contributed by atoms with van der Waals surface area (Å²) < 4.78 is 49.6. The molecule has 0 bridgehead atoms. The summed E-state index contributed by atoms with van der Waals surface area (Å²) in [5.41, 5.74) is 5.02. The zero-order chi connectivity index (χ0) is 26.6. The monoisotopic (exact) mass is 534 g/mol. The van der Waals surface area contributed by atoms with Gasteiger partial charge in [0.25, 0.3) is 0 Å². The molecule has 4 aromatic heterocycles. The van der Waals surface area contributed by atoms with Gasteiger partial charge in [-0.25, -0.2) is 22.5 Å². The van der Waals surface area contributed by atoms with Crippen LogP contribution < -0.4 is 0 Å². The summed E-state index contributed by atoms with van der Waals surface area (Å²) in [6.07, 6.45) is 5.95. The number of fused-ring (bicyclic) bond motifs is 3. The van der Waals surface area contributed by atoms with Crippen LogP contribution in [0.3, 0.4) is 0 Å². The number of aryl methyl sites for hydroxylation is 2. The van der Waals surface area contributed by atoms with E-state index in [1.165, 1.54) is 6.07 Å². The Hall–Kier alpha value is -3.70. The smallest absolute Gasteiger partial charge is 0.192 e. The summed E-state index contributed by atoms with van der Waals surface area (Å²) in [5, 5.41) is 8.93. The van der Waals surface area contributed by atoms with E-state index >= 15 is 4.39 Å². The van der Waals surface area contributed by atoms with Gasteiger partial charge in [-0.3, -0.25) is 4.98 Å². The zero-order valence-corrected chi connectivity index (χ0v) is 22.1. The van der Waals surface area contributed by atoms with Gasteiger partial charge in [0.1, 0.15) is 5.82 Å². The topological polar surface area (TPSA) is 105 Å². The predicted molar refractivity (Wildman–Crippen MR) is 141 cm³/mol. The van der Waals surface area contributed by atoms with Crippen LogP contribution in [0.5, 0.6) is 0 Å². The normalized spacial score (nSPS) is 15.9. The van der Waals surface area contributed by atoms with Crippen molar-refractivity contribution < 1.29 is 17.5 Å². The van der Waals surface area contributed by atoms with Crippen molar-refractivity contribution in [3.8, 4) is 11.3 Å². The van der Waals surface area contributed by atoms with Crippen molar-refractivity contribution in [2.24, 2.45) is 13.0 Å². The van der Waals surface area contributed by atoms with Crippen LogP contribution in [-0.2, 0) is 21.6 Å². The lowest BCUT2D eigenvalue weighted by Gasteiger charge is -2.33. The molecule has 1 saturated heterocycles. The first-order valence-corrected chi connectivity index (χ1v) is 14.3. The fourth-order valence-corrected chi connectivity index (χ4v) is 6.20. The Labute approximate surface area is 219 Å². The first-order chi connectivity index (χ1) is 18.2. The van der Waals surface area contributed by atoms with E-state index in [0.29, 0.717) is 35.2 Å². The molecule has 9 nitrogen and oxygen atoms in total. The molecule has 1 aliphatic rings. The SMILES string of the molecule is Cc1nnn(C)c1-c1cnc2c3cc(S(C)(=O)=O)ncc3n([C@H](c3ccccc3F)C3CCOCC3)c2c1. The molecule has 0 unspecified atom stereocenters. The van der Waals surface area contributed by atoms with Crippen molar-refractivity contribution in [1.29, 1.82) is 0 Å². The Balaban J connectivity index is 1.71. The van der Waals surface area contributed by atoms with Gasteiger partial charge in [0, 0.05) is 49.2 Å². The molecule has 6 rings (SSSR count). The molecule has 11 heteroatoms. The molecule has 1 aliphatic heterocycles. The highest BCUT2D eigenvalue weighted by atomic mass is 32.2. The summed E-state index contributed by atoms with van der Waals surface area (Å²) in [4.78, 5) is 9.10. The largest absolute Gasteiger partial charge is 0.381 e. The molecule has 0 radical (unpaired) electrons. The van der Waals surface area contributed by atoms with E-state index in [-0.39, 0.29) is 22.8 Å². The molecule has 1 aromatic carbocycles. The molecule has 196 valence electrons. The van der Waals surface area contributed by atoms with Crippen LogP contribution in [0.25, 0.3) is 33.2 Å². The molecule has 0 N–H and O–H groups in total. The van der Waals surface area contributed by atoms with E-state index in [9.17, 15) is 8.42 Å². The van der Waals surface area contributed by atoms with Crippen LogP contribution in [0.2, 0.25) is 0 Å². The van der Waals surface area contributed by atoms with Crippen LogP contribution in [-0.4, -0.2) is 57.4 Å². The van der Waals surface area contributed by atoms with E-state index in [2.05, 4.69) is 19.9 Å². The average molecular weight is 535 g/mol. The highest BCUT2D eigenvalue weighted by molar-refractivity contribution is 7.90. The van der Waals surface area contributed by atoms with Gasteiger partial charge in [-0.2, -0.15) is 0 Å². The third-order valence-corrected chi connectivity index (χ3v) is 8.35. The van der Waals surface area contributed by atoms with Gasteiger partial charge in [0.2, 0.25) is 0 Å². The highest BCUT2D eigenvalue weighted by Crippen LogP contribution is 2.42. The quantitative estimate of drug-likeness (QED) is 0.332. The second kappa shape index (κ2) is 9.25. The fraction of sp³-hybridized carbons (Fsp3) is 0.333. The maximum Gasteiger partial charge on any atom is 0.192 e. The van der Waals surface area contributed by atoms with Crippen LogP contribution in [0, 0.1) is 18.7 Å². The van der Waals surface area contributed by atoms with E-state index in [1.54, 1.807) is 29.2 Å². The number of nitrogens with zero attached hydrogens (tertiary/aromatic N) is 6. The minimum atomic E-state index is -3.55. The number of rotatable bonds is 5. The number of hydrogen-bond acceptors (Lipinski definition) is 7. The molecule has 0 spiro atoms. The molecule has 5 heterocycles. The van der Waals surface area contributed by atoms with E-state index < -0.39 is 9.84 Å². The van der Waals surface area contributed by atoms with Gasteiger partial charge in [0.15, 0.2) is 14.9 Å². The van der Waals surface area contributed by atoms with Gasteiger partial charge in [-0.05, 0) is 43.9 Å². The molecule has 38 heavy (non-hydrogen) atoms. The Bertz CT molecular complexity index is 1770. The Morgan fingerprint density at radius 3 is 2.53 bits per heavy atom. The molecule has 1 fully saturated rings. The molecule has 0 aliphatic carbocycles. The lowest BCUT2D eigenvalue weighted by atomic mass is 9.86. The van der Waals surface area contributed by atoms with Crippen molar-refractivity contribution in [3.05, 3.63) is 65.9 Å². The molecular formula is C27H27FN6O3S. The van der Waals surface area contributed by atoms with E-state index in [1.807, 2.05) is 32.2 Å². The summed E-state index contributed by atoms with van der Waals surface area (Å²) in [6.45, 7) is 3.06. The number of hydrogen-bond donors (Lipinski definition) is 0. The van der Waals surface area contributed by atoms with Gasteiger partial charge >= 0.3 is 0 Å². The van der Waals surface area contributed by atoms with Crippen molar-refractivity contribution in [3.63, 3.8) is 0 Å². The van der Waals surface area contributed by atoms with Crippen molar-refractivity contribution in [2.75, 3.05) is 19.5 Å². The third kappa shape index (κ3) is 4.06. The van der Waals surface area contributed by atoms with Crippen LogP contribution in [0.4, 0.5) is 4.39 Å². The highest BCUT2D eigenvalue weighted by Gasteiger charge is 2.32. The number of sulfone groups is 1. The molecule has 0 saturated carbocycles. The minimum Gasteiger partial charge on any atom is -0.381 e. The van der Waals surface area contributed by atoms with Crippen molar-refractivity contribution in [1.82, 2.24) is 29.5 Å². The van der Waals surface area contributed by atoms with Gasteiger partial charge in [0.05, 0.1) is 40.2 Å². The van der Waals surface area contributed by atoms with Crippen molar-refractivity contribution in [2.45, 2.75) is 30.8 Å². The number of pyridine rings is 2. The maximum atomic E-state index is 15.4. The Morgan fingerprint density at radius 2 is 1.84 bits per heavy atom. The van der Waals surface area contributed by atoms with E-state index in [0.717, 1.165) is 41.6 Å². The standard InChI is InChI=1S/C27H27FN6O3S/c1-16-26(33(2)32-31-16)18-12-22-25(30-14-18)20-13-24(38(3,35)36)29-15-23(20)34(22)27(17-8-10-37-11-9-17)19-6-4-5-7-21(19)28/h4-7,12-15,17,27H,8-11H2,1-3H3/t27-/m0/s1. The minimum absolute atomic E-state index is 0.0323. The Morgan fingerprint density at radius 1 is 1.08 bits per heavy atom. The maximum absolute atomic E-state index is 15.4. The van der Waals surface area contributed by atoms with E-state index in [4.69, 9.17) is 9.72 Å². The zero-order valence-electron chi connectivity index (χ0n) is 21.3. The molecular weight excluding hydrogens is 507 g/mol. The van der Waals surface area contributed by atoms with Gasteiger partial charge in [-0.15, -0.1) is 5.10 Å². The molecule has 1 atom stereocenters. The summed E-state index contributed by atoms with van der Waals surface area (Å²) in [5.74, 6) is -0.215. The lowest BCUT2D eigenvalue weighted by Crippen LogP contribution is -2.27. The number of halogens is 1. The lowest BCUT2D eigenvalue weighted by molar-refractivity contribution is 0.0548. The van der Waals surface area contributed by atoms with Crippen LogP contribution in [0.1, 0.15) is 30.1 Å².